The van der Waals surface area contributed by atoms with Crippen molar-refractivity contribution in [2.24, 2.45) is 0 Å². The predicted molar refractivity (Wildman–Crippen MR) is 124 cm³/mol. The van der Waals surface area contributed by atoms with E-state index >= 15 is 0 Å². The first-order chi connectivity index (χ1) is 16.1. The second-order valence-corrected chi connectivity index (χ2v) is 11.0. The van der Waals surface area contributed by atoms with Crippen LogP contribution in [0.5, 0.6) is 0 Å². The zero-order valence-corrected chi connectivity index (χ0v) is 19.4. The lowest BCUT2D eigenvalue weighted by atomic mass is 10.0. The average molecular weight is 493 g/mol. The molecule has 3 heterocycles. The Labute approximate surface area is 196 Å². The van der Waals surface area contributed by atoms with Gasteiger partial charge in [0.1, 0.15) is 6.04 Å². The molecule has 2 aromatic rings. The van der Waals surface area contributed by atoms with Crippen molar-refractivity contribution in [1.29, 1.82) is 0 Å². The Morgan fingerprint density at radius 2 is 1.85 bits per heavy atom. The van der Waals surface area contributed by atoms with E-state index < -0.39 is 33.7 Å². The molecule has 2 atom stereocenters. The topological polar surface area (TPSA) is 160 Å². The number of anilines is 1. The van der Waals surface area contributed by atoms with Crippen LogP contribution in [0.4, 0.5) is 5.69 Å². The number of piperazine rings is 1. The zero-order valence-electron chi connectivity index (χ0n) is 18.6. The van der Waals surface area contributed by atoms with E-state index in [1.54, 1.807) is 24.4 Å². The molecule has 0 bridgehead atoms. The Morgan fingerprint density at radius 1 is 1.12 bits per heavy atom. The van der Waals surface area contributed by atoms with E-state index in [4.69, 9.17) is 5.11 Å². The van der Waals surface area contributed by atoms with Gasteiger partial charge in [-0.05, 0) is 24.6 Å². The molecule has 184 valence electrons. The van der Waals surface area contributed by atoms with Crippen LogP contribution in [0, 0.1) is 0 Å². The van der Waals surface area contributed by atoms with E-state index in [1.807, 2.05) is 4.90 Å². The summed E-state index contributed by atoms with van der Waals surface area (Å²) >= 11 is 0. The van der Waals surface area contributed by atoms with Gasteiger partial charge in [0, 0.05) is 67.0 Å². The Bertz CT molecular complexity index is 1200. The number of carboxylic acid groups (broad SMARTS) is 2. The zero-order chi connectivity index (χ0) is 24.5. The van der Waals surface area contributed by atoms with Crippen molar-refractivity contribution in [3.63, 3.8) is 0 Å². The van der Waals surface area contributed by atoms with Crippen LogP contribution in [0.1, 0.15) is 30.9 Å². The number of aromatic amines is 1. The molecule has 34 heavy (non-hydrogen) atoms. The number of nitrogens with one attached hydrogen (secondary N) is 2. The second kappa shape index (κ2) is 9.72. The van der Waals surface area contributed by atoms with Gasteiger partial charge in [0.25, 0.3) is 0 Å². The van der Waals surface area contributed by atoms with Crippen molar-refractivity contribution in [1.82, 2.24) is 14.8 Å². The quantitative estimate of drug-likeness (QED) is 0.420. The Morgan fingerprint density at radius 3 is 2.47 bits per heavy atom. The second-order valence-electron chi connectivity index (χ2n) is 8.82. The molecule has 0 radical (unpaired) electrons. The maximum atomic E-state index is 12.3. The molecule has 2 fully saturated rings. The van der Waals surface area contributed by atoms with E-state index in [0.29, 0.717) is 49.2 Å². The molecule has 1 amide bonds. The molecule has 4 rings (SSSR count). The fraction of sp³-hybridized carbons (Fsp3) is 0.500. The summed E-state index contributed by atoms with van der Waals surface area (Å²) in [5.41, 5.74) is 1.75. The van der Waals surface area contributed by atoms with Gasteiger partial charge in [-0.3, -0.25) is 24.2 Å². The smallest absolute Gasteiger partial charge is 0.325 e. The van der Waals surface area contributed by atoms with Crippen molar-refractivity contribution in [3.8, 4) is 0 Å². The third-order valence-corrected chi connectivity index (χ3v) is 8.28. The van der Waals surface area contributed by atoms with E-state index in [9.17, 15) is 27.9 Å². The normalized spacial score (nSPS) is 21.9. The van der Waals surface area contributed by atoms with Crippen LogP contribution in [0.3, 0.4) is 0 Å². The van der Waals surface area contributed by atoms with Crippen LogP contribution in [-0.2, 0) is 24.2 Å². The van der Waals surface area contributed by atoms with E-state index in [-0.39, 0.29) is 30.4 Å². The maximum Gasteiger partial charge on any atom is 0.325 e. The van der Waals surface area contributed by atoms with E-state index in [1.165, 1.54) is 0 Å². The van der Waals surface area contributed by atoms with Crippen LogP contribution >= 0.6 is 0 Å². The molecule has 11 nitrogen and oxygen atoms in total. The van der Waals surface area contributed by atoms with Gasteiger partial charge in [0.05, 0.1) is 17.9 Å². The highest BCUT2D eigenvalue weighted by atomic mass is 32.2. The number of carbonyl (C=O) groups is 3. The van der Waals surface area contributed by atoms with Gasteiger partial charge in [-0.15, -0.1) is 0 Å². The number of rotatable bonds is 8. The number of aromatic nitrogens is 1. The first-order valence-corrected chi connectivity index (χ1v) is 13.0. The number of hydrogen-bond acceptors (Lipinski definition) is 7. The number of sulfone groups is 1. The summed E-state index contributed by atoms with van der Waals surface area (Å²) < 4.78 is 23.6. The van der Waals surface area contributed by atoms with Gasteiger partial charge in [-0.1, -0.05) is 0 Å². The van der Waals surface area contributed by atoms with Crippen LogP contribution in [0.25, 0.3) is 10.9 Å². The molecule has 0 spiro atoms. The van der Waals surface area contributed by atoms with E-state index in [2.05, 4.69) is 15.2 Å². The summed E-state index contributed by atoms with van der Waals surface area (Å²) in [6.45, 7) is 2.17. The van der Waals surface area contributed by atoms with Crippen LogP contribution in [-0.4, -0.2) is 95.0 Å². The first-order valence-electron chi connectivity index (χ1n) is 11.2. The molecule has 2 saturated heterocycles. The molecule has 4 N–H and O–H groups in total. The summed E-state index contributed by atoms with van der Waals surface area (Å²) in [5, 5.41) is 22.1. The maximum absolute atomic E-state index is 12.3. The number of benzene rings is 1. The molecular formula is C22H28N4O7S. The minimum Gasteiger partial charge on any atom is -0.481 e. The van der Waals surface area contributed by atoms with Crippen molar-refractivity contribution in [2.45, 2.75) is 31.3 Å². The molecule has 0 saturated carbocycles. The fourth-order valence-electron chi connectivity index (χ4n) is 4.80. The predicted octanol–water partition coefficient (Wildman–Crippen LogP) is 0.902. The lowest BCUT2D eigenvalue weighted by Gasteiger charge is -2.40. The van der Waals surface area contributed by atoms with Gasteiger partial charge >= 0.3 is 11.9 Å². The number of H-pyrrole nitrogens is 1. The van der Waals surface area contributed by atoms with Crippen molar-refractivity contribution in [2.75, 3.05) is 43.0 Å². The summed E-state index contributed by atoms with van der Waals surface area (Å²) in [4.78, 5) is 42.1. The van der Waals surface area contributed by atoms with Crippen LogP contribution in [0.15, 0.2) is 24.4 Å². The highest BCUT2D eigenvalue weighted by Gasteiger charge is 2.37. The number of carboxylic acids is 2. The summed E-state index contributed by atoms with van der Waals surface area (Å²) in [7, 11) is -2.98. The van der Waals surface area contributed by atoms with Crippen LogP contribution < -0.4 is 5.32 Å². The van der Waals surface area contributed by atoms with Crippen molar-refractivity contribution in [3.05, 3.63) is 30.0 Å². The van der Waals surface area contributed by atoms with Gasteiger partial charge in [0.15, 0.2) is 9.84 Å². The first kappa shape index (κ1) is 24.2. The monoisotopic (exact) mass is 492 g/mol. The lowest BCUT2D eigenvalue weighted by molar-refractivity contribution is -0.144. The number of nitrogens with zero attached hydrogens (tertiary/aromatic N) is 2. The van der Waals surface area contributed by atoms with Crippen LogP contribution in [0.2, 0.25) is 0 Å². The van der Waals surface area contributed by atoms with Gasteiger partial charge in [-0.2, -0.15) is 0 Å². The van der Waals surface area contributed by atoms with Gasteiger partial charge < -0.3 is 20.5 Å². The molecule has 12 heteroatoms. The van der Waals surface area contributed by atoms with Gasteiger partial charge in [0.2, 0.25) is 5.91 Å². The molecular weight excluding hydrogens is 464 g/mol. The standard InChI is InChI=1S/C22H28N4O7S/c27-19(3-4-20(28)29)24-14-1-2-18-16(11-14)17(12-23-18)21(22(30)31)26-8-6-25(7-9-26)15-5-10-34(32,33)13-15/h1-2,11-12,15,21,23H,3-10,13H2,(H,24,27)(H,28,29)(H,30,31). The van der Waals surface area contributed by atoms with Crippen molar-refractivity contribution >= 4 is 44.3 Å². The highest BCUT2D eigenvalue weighted by molar-refractivity contribution is 7.91. The summed E-state index contributed by atoms with van der Waals surface area (Å²) in [6.07, 6.45) is 1.85. The molecule has 2 aliphatic heterocycles. The Balaban J connectivity index is 1.49. The minimum atomic E-state index is -2.98. The fourth-order valence-corrected chi connectivity index (χ4v) is 6.56. The number of carbonyl (C=O) groups excluding carboxylic acids is 1. The number of aliphatic carboxylic acids is 2. The molecule has 0 aliphatic carbocycles. The molecule has 1 aromatic carbocycles. The SMILES string of the molecule is O=C(O)CCC(=O)Nc1ccc2[nH]cc(C(C(=O)O)N3CCN(C4CCS(=O)(=O)C4)CC3)c2c1. The third-order valence-electron chi connectivity index (χ3n) is 6.53. The number of fused-ring (bicyclic) bond motifs is 1. The van der Waals surface area contributed by atoms with Crippen molar-refractivity contribution < 1.29 is 33.0 Å². The average Bonchev–Trinajstić information content (AvgIpc) is 3.35. The van der Waals surface area contributed by atoms with Gasteiger partial charge in [-0.25, -0.2) is 8.42 Å². The Hall–Kier alpha value is -2.96. The number of hydrogen-bond donors (Lipinski definition) is 4. The number of amides is 1. The Kier molecular flexibility index (Phi) is 6.91. The molecule has 2 aliphatic rings. The largest absolute Gasteiger partial charge is 0.481 e. The molecule has 2 unspecified atom stereocenters. The highest BCUT2D eigenvalue weighted by Crippen LogP contribution is 2.32. The third kappa shape index (κ3) is 5.40. The molecule has 1 aromatic heterocycles. The minimum absolute atomic E-state index is 0.00388. The van der Waals surface area contributed by atoms with E-state index in [0.717, 1.165) is 5.52 Å². The summed E-state index contributed by atoms with van der Waals surface area (Å²) in [6, 6.07) is 4.20. The lowest BCUT2D eigenvalue weighted by Crippen LogP contribution is -2.52. The summed E-state index contributed by atoms with van der Waals surface area (Å²) in [5.74, 6) is -2.11.